The van der Waals surface area contributed by atoms with Gasteiger partial charge in [0.05, 0.1) is 52.8 Å². The molecule has 3 fully saturated rings. The molecule has 0 amide bonds. The summed E-state index contributed by atoms with van der Waals surface area (Å²) in [5.41, 5.74) is -6.86. The minimum Gasteiger partial charge on any atom is -0.465 e. The molecule has 236 valence electrons. The van der Waals surface area contributed by atoms with E-state index in [1.165, 1.54) is 32.9 Å². The van der Waals surface area contributed by atoms with Crippen molar-refractivity contribution >= 4 is 17.9 Å². The zero-order valence-corrected chi connectivity index (χ0v) is 24.9. The Hall–Kier alpha value is -2.87. The molecule has 43 heavy (non-hydrogen) atoms. The van der Waals surface area contributed by atoms with Crippen LogP contribution in [0.3, 0.4) is 0 Å². The molecule has 5 N–H and O–H groups in total. The van der Waals surface area contributed by atoms with E-state index in [1.54, 1.807) is 25.1 Å². The van der Waals surface area contributed by atoms with Crippen molar-refractivity contribution in [3.8, 4) is 0 Å². The molecular weight excluding hydrogens is 564 g/mol. The number of rotatable bonds is 6. The van der Waals surface area contributed by atoms with E-state index >= 15 is 0 Å². The average molecular weight is 605 g/mol. The first-order valence-corrected chi connectivity index (χ1v) is 14.4. The van der Waals surface area contributed by atoms with E-state index in [9.17, 15) is 39.9 Å². The topological polar surface area (TPSA) is 189 Å². The van der Waals surface area contributed by atoms with Gasteiger partial charge >= 0.3 is 17.9 Å². The molecule has 3 aliphatic carbocycles. The molecule has 2 saturated carbocycles. The molecule has 1 aromatic carbocycles. The highest BCUT2D eigenvalue weighted by Gasteiger charge is 2.80. The van der Waals surface area contributed by atoms with Gasteiger partial charge in [0.15, 0.2) is 5.60 Å². The van der Waals surface area contributed by atoms with Gasteiger partial charge in [0.25, 0.3) is 0 Å². The predicted molar refractivity (Wildman–Crippen MR) is 147 cm³/mol. The van der Waals surface area contributed by atoms with Crippen LogP contribution in [0.4, 0.5) is 0 Å². The molecule has 1 heterocycles. The molecule has 4 aliphatic rings. The van der Waals surface area contributed by atoms with E-state index < -0.39 is 89.1 Å². The summed E-state index contributed by atoms with van der Waals surface area (Å²) < 4.78 is 23.6. The summed E-state index contributed by atoms with van der Waals surface area (Å²) in [5, 5.41) is 59.2. The number of carbonyl (C=O) groups is 3. The number of hydrogen-bond acceptors (Lipinski definition) is 12. The van der Waals surface area contributed by atoms with Gasteiger partial charge in [0.1, 0.15) is 24.9 Å². The van der Waals surface area contributed by atoms with Gasteiger partial charge in [0.2, 0.25) is 0 Å². The van der Waals surface area contributed by atoms with Crippen LogP contribution in [-0.2, 0) is 28.5 Å². The fourth-order valence-electron chi connectivity index (χ4n) is 8.31. The molecule has 12 heteroatoms. The maximum Gasteiger partial charge on any atom is 0.338 e. The van der Waals surface area contributed by atoms with E-state index in [-0.39, 0.29) is 36.2 Å². The lowest BCUT2D eigenvalue weighted by Crippen LogP contribution is -2.80. The maximum atomic E-state index is 13.9. The zero-order valence-electron chi connectivity index (χ0n) is 24.9. The SMILES string of the molecule is CC(=O)OC[C@@]12C(O)C[C@@H]3OC[C@@]3(OC(C)=O)[C@@H]1C(OC(=O)c1ccccc1)[C@]1(C(C)(C)O)CC(O)C(C)=C1C(O)C2O. The number of hydrogen-bond donors (Lipinski definition) is 5. The lowest BCUT2D eigenvalue weighted by Gasteiger charge is -2.65. The summed E-state index contributed by atoms with van der Waals surface area (Å²) in [6.45, 7) is 5.84. The lowest BCUT2D eigenvalue weighted by molar-refractivity contribution is -0.358. The molecular formula is C31H40O12. The van der Waals surface area contributed by atoms with Crippen LogP contribution in [-0.4, -0.2) is 104 Å². The van der Waals surface area contributed by atoms with Crippen LogP contribution in [0.25, 0.3) is 0 Å². The molecule has 0 spiro atoms. The van der Waals surface area contributed by atoms with Gasteiger partial charge < -0.3 is 44.5 Å². The van der Waals surface area contributed by atoms with E-state index in [1.807, 2.05) is 0 Å². The van der Waals surface area contributed by atoms with Crippen molar-refractivity contribution in [3.63, 3.8) is 0 Å². The monoisotopic (exact) mass is 604 g/mol. The summed E-state index contributed by atoms with van der Waals surface area (Å²) in [7, 11) is 0. The Morgan fingerprint density at radius 2 is 1.70 bits per heavy atom. The number of carbonyl (C=O) groups excluding carboxylic acids is 3. The third-order valence-corrected chi connectivity index (χ3v) is 10.3. The van der Waals surface area contributed by atoms with Gasteiger partial charge in [-0.2, -0.15) is 0 Å². The van der Waals surface area contributed by atoms with Crippen molar-refractivity contribution in [2.45, 2.75) is 95.3 Å². The highest BCUT2D eigenvalue weighted by Crippen LogP contribution is 2.67. The number of esters is 3. The maximum absolute atomic E-state index is 13.9. The first-order valence-electron chi connectivity index (χ1n) is 14.4. The van der Waals surface area contributed by atoms with Crippen LogP contribution in [0.1, 0.15) is 57.8 Å². The Bertz CT molecular complexity index is 1320. The highest BCUT2D eigenvalue weighted by molar-refractivity contribution is 5.89. The molecule has 1 saturated heterocycles. The Morgan fingerprint density at radius 1 is 1.05 bits per heavy atom. The minimum atomic E-state index is -2.00. The summed E-state index contributed by atoms with van der Waals surface area (Å²) in [4.78, 5) is 38.7. The average Bonchev–Trinajstić information content (AvgIpc) is 3.17. The lowest BCUT2D eigenvalue weighted by atomic mass is 9.49. The molecule has 10 atom stereocenters. The number of benzene rings is 1. The van der Waals surface area contributed by atoms with E-state index in [0.717, 1.165) is 6.92 Å². The van der Waals surface area contributed by atoms with Crippen molar-refractivity contribution in [1.29, 1.82) is 0 Å². The predicted octanol–water partition coefficient (Wildman–Crippen LogP) is 0.417. The Balaban J connectivity index is 1.88. The van der Waals surface area contributed by atoms with Gasteiger partial charge in [-0.3, -0.25) is 9.59 Å². The molecule has 0 aromatic heterocycles. The van der Waals surface area contributed by atoms with Gasteiger partial charge in [-0.05, 0) is 50.5 Å². The van der Waals surface area contributed by atoms with Crippen molar-refractivity contribution in [2.24, 2.45) is 16.7 Å². The Kier molecular flexibility index (Phi) is 7.81. The summed E-state index contributed by atoms with van der Waals surface area (Å²) in [5.74, 6) is -3.73. The van der Waals surface area contributed by atoms with E-state index in [4.69, 9.17) is 18.9 Å². The van der Waals surface area contributed by atoms with Crippen LogP contribution in [0.15, 0.2) is 41.5 Å². The van der Waals surface area contributed by atoms with Gasteiger partial charge in [-0.1, -0.05) is 18.2 Å². The van der Waals surface area contributed by atoms with Crippen LogP contribution in [0.2, 0.25) is 0 Å². The van der Waals surface area contributed by atoms with Crippen molar-refractivity contribution in [3.05, 3.63) is 47.0 Å². The number of aliphatic hydroxyl groups is 5. The molecule has 5 rings (SSSR count). The smallest absolute Gasteiger partial charge is 0.338 e. The Morgan fingerprint density at radius 3 is 2.23 bits per heavy atom. The zero-order chi connectivity index (χ0) is 31.7. The number of fused-ring (bicyclic) bond motifs is 4. The molecule has 0 bridgehead atoms. The first kappa shape index (κ1) is 31.6. The molecule has 0 radical (unpaired) electrons. The first-order chi connectivity index (χ1) is 20.0. The normalized spacial score (nSPS) is 40.3. The second kappa shape index (κ2) is 10.6. The second-order valence-electron chi connectivity index (χ2n) is 12.9. The van der Waals surface area contributed by atoms with Crippen LogP contribution in [0.5, 0.6) is 0 Å². The van der Waals surface area contributed by atoms with Crippen molar-refractivity contribution in [2.75, 3.05) is 13.2 Å². The quantitative estimate of drug-likeness (QED) is 0.171. The summed E-state index contributed by atoms with van der Waals surface area (Å²) in [6.07, 6.45) is -9.39. The van der Waals surface area contributed by atoms with Gasteiger partial charge in [-0.15, -0.1) is 0 Å². The standard InChI is InChI=1S/C31H40O12/c1-15-19(34)12-30(28(4,5)39)22(15)23(36)25(37)29(13-40-16(2)32)20(35)11-21-31(14-41-21,43-17(3)33)24(29)26(30)42-27(38)18-9-7-6-8-10-18/h6-10,19-21,23-26,34-37,39H,11-14H2,1-5H3/t19?,20?,21-,23?,24+,25?,26?,29+,30-,31-/m0/s1. The fraction of sp³-hybridized carbons (Fsp3) is 0.645. The van der Waals surface area contributed by atoms with Gasteiger partial charge in [0, 0.05) is 20.3 Å². The highest BCUT2D eigenvalue weighted by atomic mass is 16.6. The third-order valence-electron chi connectivity index (χ3n) is 10.3. The summed E-state index contributed by atoms with van der Waals surface area (Å²) >= 11 is 0. The number of aliphatic hydroxyl groups excluding tert-OH is 4. The van der Waals surface area contributed by atoms with Crippen LogP contribution in [0, 0.1) is 16.7 Å². The van der Waals surface area contributed by atoms with E-state index in [0.29, 0.717) is 0 Å². The van der Waals surface area contributed by atoms with Gasteiger partial charge in [-0.25, -0.2) is 4.79 Å². The van der Waals surface area contributed by atoms with Crippen molar-refractivity contribution < 1.29 is 58.9 Å². The fourth-order valence-corrected chi connectivity index (χ4v) is 8.31. The van der Waals surface area contributed by atoms with E-state index in [2.05, 4.69) is 0 Å². The van der Waals surface area contributed by atoms with Crippen LogP contribution >= 0.6 is 0 Å². The van der Waals surface area contributed by atoms with Crippen molar-refractivity contribution in [1.82, 2.24) is 0 Å². The number of ether oxygens (including phenoxy) is 4. The molecule has 1 aromatic rings. The second-order valence-corrected chi connectivity index (χ2v) is 12.9. The summed E-state index contributed by atoms with van der Waals surface area (Å²) in [6, 6.07) is 8.00. The Labute approximate surface area is 249 Å². The molecule has 1 aliphatic heterocycles. The molecule has 5 unspecified atom stereocenters. The molecule has 12 nitrogen and oxygen atoms in total. The minimum absolute atomic E-state index is 0.0319. The van der Waals surface area contributed by atoms with Crippen LogP contribution < -0.4 is 0 Å². The largest absolute Gasteiger partial charge is 0.465 e. The third kappa shape index (κ3) is 4.45.